The van der Waals surface area contributed by atoms with Crippen LogP contribution in [0.5, 0.6) is 0 Å². The van der Waals surface area contributed by atoms with Crippen LogP contribution in [0.25, 0.3) is 10.9 Å². The number of fused-ring (bicyclic) bond motifs is 1. The number of rotatable bonds is 6. The number of aromatic amines is 1. The first-order valence-corrected chi connectivity index (χ1v) is 12.0. The van der Waals surface area contributed by atoms with Crippen LogP contribution in [0.1, 0.15) is 49.5 Å². The number of aromatic nitrogens is 1. The highest BCUT2D eigenvalue weighted by Crippen LogP contribution is 2.23. The van der Waals surface area contributed by atoms with Crippen molar-refractivity contribution >= 4 is 28.6 Å². The lowest BCUT2D eigenvalue weighted by Crippen LogP contribution is -2.42. The number of hydrogen-bond acceptors (Lipinski definition) is 4. The van der Waals surface area contributed by atoms with Crippen LogP contribution in [0.4, 0.5) is 10.5 Å². The molecule has 3 N–H and O–H groups in total. The number of anilines is 1. The summed E-state index contributed by atoms with van der Waals surface area (Å²) < 4.78 is 5.26. The van der Waals surface area contributed by atoms with E-state index in [1.165, 1.54) is 0 Å². The highest BCUT2D eigenvalue weighted by molar-refractivity contribution is 6.06. The minimum Gasteiger partial charge on any atom is -0.444 e. The van der Waals surface area contributed by atoms with E-state index >= 15 is 0 Å². The van der Waals surface area contributed by atoms with Crippen LogP contribution in [0.15, 0.2) is 54.7 Å². The highest BCUT2D eigenvalue weighted by atomic mass is 16.6. The Bertz CT molecular complexity index is 1120. The summed E-state index contributed by atoms with van der Waals surface area (Å²) in [4.78, 5) is 29.9. The zero-order valence-corrected chi connectivity index (χ0v) is 20.2. The van der Waals surface area contributed by atoms with Gasteiger partial charge in [-0.05, 0) is 63.8 Å². The van der Waals surface area contributed by atoms with E-state index in [0.717, 1.165) is 60.1 Å². The Morgan fingerprint density at radius 3 is 2.47 bits per heavy atom. The van der Waals surface area contributed by atoms with E-state index in [0.29, 0.717) is 12.6 Å². The SMILES string of the molecule is CC(C)(C)OC(=O)NCCc1ccc(NC2CCN(C(=O)c3c[nH]c4ccccc34)CC2)cc1. The summed E-state index contributed by atoms with van der Waals surface area (Å²) in [5.41, 5.74) is 3.48. The maximum absolute atomic E-state index is 13.0. The van der Waals surface area contributed by atoms with Crippen LogP contribution in [0, 0.1) is 0 Å². The van der Waals surface area contributed by atoms with E-state index < -0.39 is 5.60 Å². The molecule has 7 heteroatoms. The number of carbonyl (C=O) groups is 2. The molecule has 0 bridgehead atoms. The number of piperidine rings is 1. The first kappa shape index (κ1) is 23.7. The second kappa shape index (κ2) is 10.2. The molecular weight excluding hydrogens is 428 g/mol. The zero-order chi connectivity index (χ0) is 24.1. The minimum absolute atomic E-state index is 0.0974. The molecule has 3 aromatic rings. The van der Waals surface area contributed by atoms with E-state index in [1.807, 2.05) is 56.1 Å². The normalized spacial score (nSPS) is 14.7. The summed E-state index contributed by atoms with van der Waals surface area (Å²) >= 11 is 0. The molecule has 0 atom stereocenters. The summed E-state index contributed by atoms with van der Waals surface area (Å²) in [5.74, 6) is 0.0974. The molecule has 1 aliphatic rings. The van der Waals surface area contributed by atoms with E-state index in [2.05, 4.69) is 39.9 Å². The van der Waals surface area contributed by atoms with Gasteiger partial charge in [-0.1, -0.05) is 30.3 Å². The number of carbonyl (C=O) groups excluding carboxylic acids is 2. The maximum atomic E-state index is 13.0. The molecule has 2 amide bonds. The third-order valence-corrected chi connectivity index (χ3v) is 6.01. The van der Waals surface area contributed by atoms with Gasteiger partial charge in [0, 0.05) is 48.5 Å². The standard InChI is InChI=1S/C27H34N4O3/c1-27(2,3)34-26(33)28-15-12-19-8-10-20(11-9-19)30-21-13-16-31(17-14-21)25(32)23-18-29-24-7-5-4-6-22(23)24/h4-11,18,21,29-30H,12-17H2,1-3H3,(H,28,33). The van der Waals surface area contributed by atoms with Crippen molar-refractivity contribution in [3.05, 3.63) is 65.9 Å². The number of hydrogen-bond donors (Lipinski definition) is 3. The predicted molar refractivity (Wildman–Crippen MR) is 135 cm³/mol. The Kier molecular flexibility index (Phi) is 7.10. The molecule has 0 aliphatic carbocycles. The summed E-state index contributed by atoms with van der Waals surface area (Å²) in [6.07, 6.45) is 4.00. The van der Waals surface area contributed by atoms with Crippen LogP contribution in [-0.4, -0.2) is 53.2 Å². The van der Waals surface area contributed by atoms with Crippen LogP contribution in [-0.2, 0) is 11.2 Å². The molecule has 1 aliphatic heterocycles. The fourth-order valence-corrected chi connectivity index (χ4v) is 4.27. The Hall–Kier alpha value is -3.48. The largest absolute Gasteiger partial charge is 0.444 e. The number of ether oxygens (including phenoxy) is 1. The van der Waals surface area contributed by atoms with Gasteiger partial charge in [-0.3, -0.25) is 4.79 Å². The summed E-state index contributed by atoms with van der Waals surface area (Å²) in [7, 11) is 0. The monoisotopic (exact) mass is 462 g/mol. The van der Waals surface area contributed by atoms with Gasteiger partial charge in [0.15, 0.2) is 0 Å². The Morgan fingerprint density at radius 2 is 1.76 bits per heavy atom. The average molecular weight is 463 g/mol. The Labute approximate surface area is 200 Å². The molecule has 1 fully saturated rings. The smallest absolute Gasteiger partial charge is 0.407 e. The van der Waals surface area contributed by atoms with E-state index in [9.17, 15) is 9.59 Å². The van der Waals surface area contributed by atoms with E-state index in [4.69, 9.17) is 4.74 Å². The third-order valence-electron chi connectivity index (χ3n) is 6.01. The lowest BCUT2D eigenvalue weighted by Gasteiger charge is -2.33. The number of likely N-dealkylation sites (tertiary alicyclic amines) is 1. The van der Waals surface area contributed by atoms with Crippen LogP contribution in [0.2, 0.25) is 0 Å². The number of para-hydroxylation sites is 1. The molecule has 1 saturated heterocycles. The fraction of sp³-hybridized carbons (Fsp3) is 0.407. The summed E-state index contributed by atoms with van der Waals surface area (Å²) in [6.45, 7) is 7.57. The van der Waals surface area contributed by atoms with Gasteiger partial charge in [0.05, 0.1) is 5.56 Å². The van der Waals surface area contributed by atoms with Crippen molar-refractivity contribution in [1.29, 1.82) is 0 Å². The highest BCUT2D eigenvalue weighted by Gasteiger charge is 2.25. The number of amides is 2. The Morgan fingerprint density at radius 1 is 1.06 bits per heavy atom. The first-order chi connectivity index (χ1) is 16.3. The molecule has 0 saturated carbocycles. The molecule has 4 rings (SSSR count). The maximum Gasteiger partial charge on any atom is 0.407 e. The Balaban J connectivity index is 1.22. The molecule has 0 spiro atoms. The lowest BCUT2D eigenvalue weighted by atomic mass is 10.0. The molecule has 2 heterocycles. The van der Waals surface area contributed by atoms with Crippen LogP contribution < -0.4 is 10.6 Å². The van der Waals surface area contributed by atoms with Gasteiger partial charge in [0.1, 0.15) is 5.60 Å². The average Bonchev–Trinajstić information content (AvgIpc) is 3.23. The van der Waals surface area contributed by atoms with E-state index in [-0.39, 0.29) is 12.0 Å². The topological polar surface area (TPSA) is 86.5 Å². The molecule has 7 nitrogen and oxygen atoms in total. The molecular formula is C27H34N4O3. The molecule has 0 unspecified atom stereocenters. The van der Waals surface area contributed by atoms with Crippen molar-refractivity contribution in [3.63, 3.8) is 0 Å². The zero-order valence-electron chi connectivity index (χ0n) is 20.2. The molecule has 0 radical (unpaired) electrons. The number of nitrogens with zero attached hydrogens (tertiary/aromatic N) is 1. The fourth-order valence-electron chi connectivity index (χ4n) is 4.27. The number of benzene rings is 2. The quantitative estimate of drug-likeness (QED) is 0.484. The van der Waals surface area contributed by atoms with Crippen molar-refractivity contribution in [1.82, 2.24) is 15.2 Å². The van der Waals surface area contributed by atoms with Crippen molar-refractivity contribution in [3.8, 4) is 0 Å². The number of H-pyrrole nitrogens is 1. The van der Waals surface area contributed by atoms with Crippen LogP contribution >= 0.6 is 0 Å². The first-order valence-electron chi connectivity index (χ1n) is 12.0. The summed E-state index contributed by atoms with van der Waals surface area (Å²) in [6, 6.07) is 16.6. The van der Waals surface area contributed by atoms with Gasteiger partial charge in [-0.15, -0.1) is 0 Å². The minimum atomic E-state index is -0.489. The van der Waals surface area contributed by atoms with Gasteiger partial charge in [0.2, 0.25) is 0 Å². The van der Waals surface area contributed by atoms with Crippen molar-refractivity contribution in [2.45, 2.75) is 51.7 Å². The molecule has 1 aromatic heterocycles. The van der Waals surface area contributed by atoms with Crippen molar-refractivity contribution < 1.29 is 14.3 Å². The number of nitrogens with one attached hydrogen (secondary N) is 3. The van der Waals surface area contributed by atoms with Crippen molar-refractivity contribution in [2.75, 3.05) is 25.0 Å². The molecule has 2 aromatic carbocycles. The summed E-state index contributed by atoms with van der Waals surface area (Å²) in [5, 5.41) is 7.37. The van der Waals surface area contributed by atoms with Gasteiger partial charge in [-0.2, -0.15) is 0 Å². The second-order valence-corrected chi connectivity index (χ2v) is 9.83. The van der Waals surface area contributed by atoms with Crippen LogP contribution in [0.3, 0.4) is 0 Å². The van der Waals surface area contributed by atoms with E-state index in [1.54, 1.807) is 0 Å². The molecule has 34 heavy (non-hydrogen) atoms. The van der Waals surface area contributed by atoms with Gasteiger partial charge in [-0.25, -0.2) is 4.79 Å². The van der Waals surface area contributed by atoms with Gasteiger partial charge in [0.25, 0.3) is 5.91 Å². The second-order valence-electron chi connectivity index (χ2n) is 9.83. The van der Waals surface area contributed by atoms with Gasteiger partial charge < -0.3 is 25.3 Å². The van der Waals surface area contributed by atoms with Crippen molar-refractivity contribution in [2.24, 2.45) is 0 Å². The molecule has 180 valence electrons. The number of alkyl carbamates (subject to hydrolysis) is 1. The predicted octanol–water partition coefficient (Wildman–Crippen LogP) is 4.95. The lowest BCUT2D eigenvalue weighted by molar-refractivity contribution is 0.0528. The van der Waals surface area contributed by atoms with Gasteiger partial charge >= 0.3 is 6.09 Å². The third kappa shape index (κ3) is 6.10.